The first kappa shape index (κ1) is 19.7. The Hall–Kier alpha value is -2.60. The summed E-state index contributed by atoms with van der Waals surface area (Å²) in [5.74, 6) is 0.543. The number of rotatable bonds is 6. The number of carbonyl (C=O) groups is 2. The summed E-state index contributed by atoms with van der Waals surface area (Å²) in [6.45, 7) is 1.72. The van der Waals surface area contributed by atoms with Gasteiger partial charge in [0.25, 0.3) is 5.91 Å². The molecule has 2 amide bonds. The van der Waals surface area contributed by atoms with E-state index in [0.717, 1.165) is 23.8 Å². The van der Waals surface area contributed by atoms with E-state index in [2.05, 4.69) is 5.32 Å². The second-order valence-electron chi connectivity index (χ2n) is 7.67. The normalized spacial score (nSPS) is 20.7. The standard InChI is InChI=1S/C22H22ClFN2O3/c1-29-16-4-2-3-14(7-16)17-9-18(17)22(28)26-11-13(12-26)10-25-21(27)15-5-6-19(23)20(24)8-15/h2-8,13,17-18H,9-12H2,1H3,(H,25,27)/t17-,18+/m0/s1. The molecule has 7 heteroatoms. The zero-order chi connectivity index (χ0) is 20.5. The number of amides is 2. The van der Waals surface area contributed by atoms with Crippen LogP contribution < -0.4 is 10.1 Å². The van der Waals surface area contributed by atoms with Gasteiger partial charge in [0.05, 0.1) is 12.1 Å². The van der Waals surface area contributed by atoms with Gasteiger partial charge in [0.2, 0.25) is 5.91 Å². The Morgan fingerprint density at radius 1 is 1.24 bits per heavy atom. The maximum absolute atomic E-state index is 13.5. The van der Waals surface area contributed by atoms with Gasteiger partial charge in [-0.25, -0.2) is 4.39 Å². The number of hydrogen-bond donors (Lipinski definition) is 1. The van der Waals surface area contributed by atoms with Crippen molar-refractivity contribution >= 4 is 23.4 Å². The van der Waals surface area contributed by atoms with Crippen molar-refractivity contribution in [1.82, 2.24) is 10.2 Å². The average Bonchev–Trinajstić information content (AvgIpc) is 3.49. The monoisotopic (exact) mass is 416 g/mol. The van der Waals surface area contributed by atoms with E-state index in [0.29, 0.717) is 19.6 Å². The van der Waals surface area contributed by atoms with Gasteiger partial charge < -0.3 is 15.0 Å². The van der Waals surface area contributed by atoms with Gasteiger partial charge in [-0.3, -0.25) is 9.59 Å². The molecule has 1 N–H and O–H groups in total. The minimum Gasteiger partial charge on any atom is -0.497 e. The maximum Gasteiger partial charge on any atom is 0.251 e. The molecule has 0 spiro atoms. The van der Waals surface area contributed by atoms with E-state index >= 15 is 0 Å². The molecular weight excluding hydrogens is 395 g/mol. The van der Waals surface area contributed by atoms with Crippen LogP contribution in [0, 0.1) is 17.7 Å². The molecule has 0 radical (unpaired) electrons. The number of carbonyl (C=O) groups excluding carboxylic acids is 2. The van der Waals surface area contributed by atoms with Gasteiger partial charge in [-0.2, -0.15) is 0 Å². The molecular formula is C22H22ClFN2O3. The number of hydrogen-bond acceptors (Lipinski definition) is 3. The highest BCUT2D eigenvalue weighted by Gasteiger charge is 2.48. The molecule has 1 saturated heterocycles. The molecule has 0 unspecified atom stereocenters. The highest BCUT2D eigenvalue weighted by Crippen LogP contribution is 2.49. The molecule has 5 nitrogen and oxygen atoms in total. The molecule has 2 aromatic carbocycles. The van der Waals surface area contributed by atoms with Crippen molar-refractivity contribution in [3.63, 3.8) is 0 Å². The summed E-state index contributed by atoms with van der Waals surface area (Å²) in [5.41, 5.74) is 1.38. The van der Waals surface area contributed by atoms with Crippen molar-refractivity contribution in [3.05, 3.63) is 64.4 Å². The predicted octanol–water partition coefficient (Wildman–Crippen LogP) is 3.48. The quantitative estimate of drug-likeness (QED) is 0.784. The van der Waals surface area contributed by atoms with Gasteiger partial charge in [0.1, 0.15) is 11.6 Å². The van der Waals surface area contributed by atoms with Crippen molar-refractivity contribution < 1.29 is 18.7 Å². The van der Waals surface area contributed by atoms with Crippen LogP contribution in [0.1, 0.15) is 28.3 Å². The third-order valence-corrected chi connectivity index (χ3v) is 5.94. The average molecular weight is 417 g/mol. The fraction of sp³-hybridized carbons (Fsp3) is 0.364. The first-order valence-corrected chi connectivity index (χ1v) is 10.00. The van der Waals surface area contributed by atoms with Gasteiger partial charge in [-0.1, -0.05) is 23.7 Å². The van der Waals surface area contributed by atoms with E-state index in [1.54, 1.807) is 7.11 Å². The summed E-state index contributed by atoms with van der Waals surface area (Å²) in [5, 5.41) is 2.79. The summed E-state index contributed by atoms with van der Waals surface area (Å²) in [4.78, 5) is 26.6. The molecule has 29 heavy (non-hydrogen) atoms. The fourth-order valence-electron chi connectivity index (χ4n) is 3.80. The number of ether oxygens (including phenoxy) is 1. The van der Waals surface area contributed by atoms with Gasteiger partial charge in [0, 0.05) is 37.0 Å². The summed E-state index contributed by atoms with van der Waals surface area (Å²) < 4.78 is 18.7. The molecule has 0 aromatic heterocycles. The zero-order valence-electron chi connectivity index (χ0n) is 16.0. The number of halogens is 2. The largest absolute Gasteiger partial charge is 0.497 e. The van der Waals surface area contributed by atoms with Crippen LogP contribution in [-0.4, -0.2) is 43.5 Å². The van der Waals surface area contributed by atoms with Crippen molar-refractivity contribution in [1.29, 1.82) is 0 Å². The van der Waals surface area contributed by atoms with Crippen LogP contribution in [0.4, 0.5) is 4.39 Å². The van der Waals surface area contributed by atoms with E-state index < -0.39 is 5.82 Å². The first-order valence-electron chi connectivity index (χ1n) is 9.62. The highest BCUT2D eigenvalue weighted by atomic mass is 35.5. The third-order valence-electron chi connectivity index (χ3n) is 5.63. The van der Waals surface area contributed by atoms with E-state index in [4.69, 9.17) is 16.3 Å². The number of nitrogens with one attached hydrogen (secondary N) is 1. The zero-order valence-corrected chi connectivity index (χ0v) is 16.8. The van der Waals surface area contributed by atoms with E-state index in [1.807, 2.05) is 29.2 Å². The lowest BCUT2D eigenvalue weighted by Gasteiger charge is -2.39. The van der Waals surface area contributed by atoms with E-state index in [1.165, 1.54) is 12.1 Å². The molecule has 2 atom stereocenters. The Kier molecular flexibility index (Phi) is 5.46. The Labute approximate surface area is 173 Å². The van der Waals surface area contributed by atoms with Crippen LogP contribution >= 0.6 is 11.6 Å². The molecule has 0 bridgehead atoms. The second kappa shape index (κ2) is 8.03. The van der Waals surface area contributed by atoms with Crippen molar-refractivity contribution in [2.75, 3.05) is 26.7 Å². The van der Waals surface area contributed by atoms with Crippen LogP contribution in [0.2, 0.25) is 5.02 Å². The number of likely N-dealkylation sites (tertiary alicyclic amines) is 1. The number of benzene rings is 2. The van der Waals surface area contributed by atoms with Crippen molar-refractivity contribution in [3.8, 4) is 5.75 Å². The SMILES string of the molecule is COc1cccc([C@@H]2C[C@H]2C(=O)N2CC(CNC(=O)c3ccc(Cl)c(F)c3)C2)c1. The van der Waals surface area contributed by atoms with Crippen LogP contribution in [0.5, 0.6) is 5.75 Å². The van der Waals surface area contributed by atoms with E-state index in [-0.39, 0.29) is 40.2 Å². The molecule has 4 rings (SSSR count). The molecule has 1 saturated carbocycles. The van der Waals surface area contributed by atoms with Crippen LogP contribution in [0.3, 0.4) is 0 Å². The second-order valence-corrected chi connectivity index (χ2v) is 8.08. The Balaban J connectivity index is 1.22. The van der Waals surface area contributed by atoms with E-state index in [9.17, 15) is 14.0 Å². The molecule has 1 heterocycles. The Morgan fingerprint density at radius 2 is 2.03 bits per heavy atom. The van der Waals surface area contributed by atoms with Gasteiger partial charge in [0.15, 0.2) is 0 Å². The summed E-state index contributed by atoms with van der Waals surface area (Å²) >= 11 is 5.63. The fourth-order valence-corrected chi connectivity index (χ4v) is 3.92. The maximum atomic E-state index is 13.5. The molecule has 2 aliphatic rings. The lowest BCUT2D eigenvalue weighted by molar-refractivity contribution is -0.138. The molecule has 152 valence electrons. The first-order chi connectivity index (χ1) is 14.0. The van der Waals surface area contributed by atoms with Gasteiger partial charge in [-0.15, -0.1) is 0 Å². The van der Waals surface area contributed by atoms with Crippen molar-refractivity contribution in [2.24, 2.45) is 11.8 Å². The van der Waals surface area contributed by atoms with Gasteiger partial charge in [-0.05, 0) is 48.2 Å². The van der Waals surface area contributed by atoms with Crippen LogP contribution in [0.15, 0.2) is 42.5 Å². The van der Waals surface area contributed by atoms with Gasteiger partial charge >= 0.3 is 0 Å². The summed E-state index contributed by atoms with van der Waals surface area (Å²) in [6.07, 6.45) is 0.867. The lowest BCUT2D eigenvalue weighted by atomic mass is 9.98. The molecule has 1 aliphatic carbocycles. The Morgan fingerprint density at radius 3 is 2.76 bits per heavy atom. The highest BCUT2D eigenvalue weighted by molar-refractivity contribution is 6.30. The van der Waals surface area contributed by atoms with Crippen LogP contribution in [0.25, 0.3) is 0 Å². The molecule has 2 fully saturated rings. The smallest absolute Gasteiger partial charge is 0.251 e. The predicted molar refractivity (Wildman–Crippen MR) is 108 cm³/mol. The molecule has 2 aromatic rings. The lowest BCUT2D eigenvalue weighted by Crippen LogP contribution is -2.54. The Bertz CT molecular complexity index is 945. The number of nitrogens with zero attached hydrogens (tertiary/aromatic N) is 1. The van der Waals surface area contributed by atoms with Crippen LogP contribution in [-0.2, 0) is 4.79 Å². The molecule has 1 aliphatic heterocycles. The summed E-state index contributed by atoms with van der Waals surface area (Å²) in [7, 11) is 1.64. The third kappa shape index (κ3) is 4.22. The topological polar surface area (TPSA) is 58.6 Å². The minimum atomic E-state index is -0.616. The van der Waals surface area contributed by atoms with Crippen molar-refractivity contribution in [2.45, 2.75) is 12.3 Å². The minimum absolute atomic E-state index is 0.0120. The summed E-state index contributed by atoms with van der Waals surface area (Å²) in [6, 6.07) is 11.9. The number of methoxy groups -OCH3 is 1.